The molecular weight excluding hydrogens is 270 g/mol. The highest BCUT2D eigenvalue weighted by molar-refractivity contribution is 5.85. The van der Waals surface area contributed by atoms with Gasteiger partial charge in [-0.05, 0) is 6.42 Å². The molecule has 8 heteroatoms. The van der Waals surface area contributed by atoms with E-state index < -0.39 is 23.9 Å². The molecule has 116 valence electrons. The van der Waals surface area contributed by atoms with Gasteiger partial charge in [0, 0.05) is 13.5 Å². The molecule has 0 bridgehead atoms. The van der Waals surface area contributed by atoms with Crippen LogP contribution in [0.3, 0.4) is 0 Å². The van der Waals surface area contributed by atoms with Crippen molar-refractivity contribution in [2.24, 2.45) is 0 Å². The summed E-state index contributed by atoms with van der Waals surface area (Å²) >= 11 is 0. The van der Waals surface area contributed by atoms with Gasteiger partial charge in [0.2, 0.25) is 5.91 Å². The van der Waals surface area contributed by atoms with Gasteiger partial charge in [-0.2, -0.15) is 0 Å². The van der Waals surface area contributed by atoms with E-state index in [9.17, 15) is 14.4 Å². The normalized spacial score (nSPS) is 11.6. The maximum Gasteiger partial charge on any atom is 0.328 e. The molecule has 1 atom stereocenters. The van der Waals surface area contributed by atoms with Gasteiger partial charge < -0.3 is 24.3 Å². The molecule has 0 aromatic rings. The van der Waals surface area contributed by atoms with Crippen LogP contribution in [-0.4, -0.2) is 65.0 Å². The molecule has 0 aliphatic rings. The van der Waals surface area contributed by atoms with Crippen LogP contribution in [0, 0.1) is 0 Å². The number of rotatable bonds is 10. The van der Waals surface area contributed by atoms with Gasteiger partial charge in [-0.1, -0.05) is 0 Å². The minimum atomic E-state index is -0.905. The number of amides is 1. The molecule has 8 nitrogen and oxygen atoms in total. The lowest BCUT2D eigenvalue weighted by Crippen LogP contribution is -2.43. The average molecular weight is 291 g/mol. The number of hydrogen-bond donors (Lipinski definition) is 1. The minimum absolute atomic E-state index is 0.00107. The smallest absolute Gasteiger partial charge is 0.328 e. The van der Waals surface area contributed by atoms with E-state index in [-0.39, 0.29) is 26.1 Å². The van der Waals surface area contributed by atoms with Gasteiger partial charge in [0.05, 0.1) is 27.4 Å². The Morgan fingerprint density at radius 2 is 1.75 bits per heavy atom. The molecule has 1 amide bonds. The first-order chi connectivity index (χ1) is 9.54. The molecule has 0 heterocycles. The Balaban J connectivity index is 4.17. The Labute approximate surface area is 117 Å². The number of carbonyl (C=O) groups is 3. The lowest BCUT2D eigenvalue weighted by atomic mass is 10.1. The van der Waals surface area contributed by atoms with Crippen LogP contribution in [0.1, 0.15) is 12.8 Å². The molecule has 0 radical (unpaired) electrons. The molecule has 0 unspecified atom stereocenters. The van der Waals surface area contributed by atoms with E-state index >= 15 is 0 Å². The van der Waals surface area contributed by atoms with Crippen molar-refractivity contribution in [3.05, 3.63) is 0 Å². The zero-order valence-corrected chi connectivity index (χ0v) is 12.0. The summed E-state index contributed by atoms with van der Waals surface area (Å²) in [6, 6.07) is -0.905. The first kappa shape index (κ1) is 18.3. The van der Waals surface area contributed by atoms with Gasteiger partial charge in [-0.3, -0.25) is 9.59 Å². The third-order valence-electron chi connectivity index (χ3n) is 2.35. The topological polar surface area (TPSA) is 100 Å². The van der Waals surface area contributed by atoms with Crippen LogP contribution in [0.15, 0.2) is 0 Å². The Bertz CT molecular complexity index is 319. The summed E-state index contributed by atoms with van der Waals surface area (Å²) < 4.78 is 18.8. The number of methoxy groups -OCH3 is 3. The van der Waals surface area contributed by atoms with Gasteiger partial charge in [-0.15, -0.1) is 0 Å². The Hall–Kier alpha value is -1.67. The highest BCUT2D eigenvalue weighted by atomic mass is 16.5. The quantitative estimate of drug-likeness (QED) is 0.418. The maximum absolute atomic E-state index is 11.6. The van der Waals surface area contributed by atoms with Crippen molar-refractivity contribution in [1.82, 2.24) is 5.32 Å². The highest BCUT2D eigenvalue weighted by Crippen LogP contribution is 2.01. The van der Waals surface area contributed by atoms with Crippen molar-refractivity contribution in [3.8, 4) is 0 Å². The van der Waals surface area contributed by atoms with Crippen LogP contribution >= 0.6 is 0 Å². The van der Waals surface area contributed by atoms with Gasteiger partial charge in [0.15, 0.2) is 0 Å². The predicted molar refractivity (Wildman–Crippen MR) is 67.9 cm³/mol. The molecule has 0 rings (SSSR count). The molecular formula is C12H21NO7. The van der Waals surface area contributed by atoms with Crippen molar-refractivity contribution < 1.29 is 33.3 Å². The SMILES string of the molecule is COCCOCC(=O)N[C@H](CCC(=O)OC)C(=O)OC. The second-order valence-electron chi connectivity index (χ2n) is 3.80. The van der Waals surface area contributed by atoms with Gasteiger partial charge in [0.1, 0.15) is 12.6 Å². The average Bonchev–Trinajstić information content (AvgIpc) is 2.46. The van der Waals surface area contributed by atoms with Crippen LogP contribution in [0.4, 0.5) is 0 Å². The lowest BCUT2D eigenvalue weighted by molar-refractivity contribution is -0.147. The van der Waals surface area contributed by atoms with Crippen LogP contribution in [0.5, 0.6) is 0 Å². The van der Waals surface area contributed by atoms with Gasteiger partial charge >= 0.3 is 11.9 Å². The molecule has 1 N–H and O–H groups in total. The summed E-state index contributed by atoms with van der Waals surface area (Å²) in [4.78, 5) is 34.1. The zero-order valence-electron chi connectivity index (χ0n) is 12.0. The van der Waals surface area contributed by atoms with E-state index in [1.54, 1.807) is 0 Å². The fraction of sp³-hybridized carbons (Fsp3) is 0.750. The Morgan fingerprint density at radius 1 is 1.05 bits per heavy atom. The molecule has 0 aromatic heterocycles. The third kappa shape index (κ3) is 8.44. The van der Waals surface area contributed by atoms with E-state index in [1.807, 2.05) is 0 Å². The first-order valence-electron chi connectivity index (χ1n) is 6.05. The Kier molecular flexibility index (Phi) is 10.2. The summed E-state index contributed by atoms with van der Waals surface area (Å²) in [7, 11) is 3.97. The molecule has 0 aromatic carbocycles. The largest absolute Gasteiger partial charge is 0.469 e. The molecule has 20 heavy (non-hydrogen) atoms. The van der Waals surface area contributed by atoms with Gasteiger partial charge in [0.25, 0.3) is 0 Å². The summed E-state index contributed by atoms with van der Waals surface area (Å²) in [5.41, 5.74) is 0. The Morgan fingerprint density at radius 3 is 2.30 bits per heavy atom. The number of ether oxygens (including phenoxy) is 4. The van der Waals surface area contributed by atoms with E-state index in [1.165, 1.54) is 21.3 Å². The standard InChI is InChI=1S/C12H21NO7/c1-17-6-7-20-8-10(14)13-9(12(16)19-3)4-5-11(15)18-2/h9H,4-8H2,1-3H3,(H,13,14)/t9-/m1/s1. The molecule has 0 saturated carbocycles. The number of carbonyl (C=O) groups excluding carboxylic acids is 3. The van der Waals surface area contributed by atoms with E-state index in [2.05, 4.69) is 14.8 Å². The van der Waals surface area contributed by atoms with Crippen LogP contribution in [0.25, 0.3) is 0 Å². The fourth-order valence-corrected chi connectivity index (χ4v) is 1.30. The summed E-state index contributed by atoms with van der Waals surface area (Å²) in [6.45, 7) is 0.445. The predicted octanol–water partition coefficient (Wildman–Crippen LogP) is -0.740. The van der Waals surface area contributed by atoms with Crippen molar-refractivity contribution >= 4 is 17.8 Å². The molecule has 0 aliphatic carbocycles. The van der Waals surface area contributed by atoms with Gasteiger partial charge in [-0.25, -0.2) is 4.79 Å². The molecule has 0 aliphatic heterocycles. The van der Waals surface area contributed by atoms with E-state index in [0.29, 0.717) is 6.61 Å². The number of nitrogens with one attached hydrogen (secondary N) is 1. The summed E-state index contributed by atoms with van der Waals surface area (Å²) in [5, 5.41) is 2.44. The van der Waals surface area contributed by atoms with E-state index in [0.717, 1.165) is 0 Å². The third-order valence-corrected chi connectivity index (χ3v) is 2.35. The lowest BCUT2D eigenvalue weighted by Gasteiger charge is -2.15. The second-order valence-corrected chi connectivity index (χ2v) is 3.80. The van der Waals surface area contributed by atoms with Crippen LogP contribution in [0.2, 0.25) is 0 Å². The molecule has 0 fully saturated rings. The molecule has 0 spiro atoms. The zero-order chi connectivity index (χ0) is 15.4. The first-order valence-corrected chi connectivity index (χ1v) is 6.05. The fourth-order valence-electron chi connectivity index (χ4n) is 1.30. The maximum atomic E-state index is 11.6. The van der Waals surface area contributed by atoms with Crippen molar-refractivity contribution in [2.75, 3.05) is 41.2 Å². The van der Waals surface area contributed by atoms with Crippen molar-refractivity contribution in [1.29, 1.82) is 0 Å². The number of esters is 2. The van der Waals surface area contributed by atoms with Crippen molar-refractivity contribution in [2.45, 2.75) is 18.9 Å². The van der Waals surface area contributed by atoms with Crippen LogP contribution in [-0.2, 0) is 33.3 Å². The molecule has 0 saturated heterocycles. The van der Waals surface area contributed by atoms with Crippen molar-refractivity contribution in [3.63, 3.8) is 0 Å². The number of hydrogen-bond acceptors (Lipinski definition) is 7. The second kappa shape index (κ2) is 11.2. The monoisotopic (exact) mass is 291 g/mol. The summed E-state index contributed by atoms with van der Waals surface area (Å²) in [6.07, 6.45) is 0.101. The highest BCUT2D eigenvalue weighted by Gasteiger charge is 2.22. The minimum Gasteiger partial charge on any atom is -0.469 e. The van der Waals surface area contributed by atoms with Crippen LogP contribution < -0.4 is 5.32 Å². The summed E-state index contributed by atoms with van der Waals surface area (Å²) in [5.74, 6) is -1.56. The van der Waals surface area contributed by atoms with E-state index in [4.69, 9.17) is 9.47 Å².